The zero-order valence-corrected chi connectivity index (χ0v) is 10.7. The minimum atomic E-state index is -0.174. The molecule has 0 aliphatic carbocycles. The summed E-state index contributed by atoms with van der Waals surface area (Å²) in [4.78, 5) is 11.2. The zero-order valence-electron chi connectivity index (χ0n) is 10.7. The first-order chi connectivity index (χ1) is 8.71. The molecule has 0 aliphatic heterocycles. The van der Waals surface area contributed by atoms with Crippen LogP contribution in [-0.4, -0.2) is 22.8 Å². The molecule has 100 valence electrons. The molecule has 0 saturated heterocycles. The van der Waals surface area contributed by atoms with Gasteiger partial charge >= 0.3 is 5.97 Å². The number of ether oxygens (including phenoxy) is 1. The average Bonchev–Trinajstić information content (AvgIpc) is 2.38. The number of aliphatic hydroxyl groups excluding tert-OH is 2. The number of hydrogen-bond acceptors (Lipinski definition) is 4. The van der Waals surface area contributed by atoms with E-state index in [1.165, 1.54) is 0 Å². The van der Waals surface area contributed by atoms with Crippen LogP contribution < -0.4 is 0 Å². The van der Waals surface area contributed by atoms with Gasteiger partial charge in [0.15, 0.2) is 0 Å². The molecule has 2 N–H and O–H groups in total. The van der Waals surface area contributed by atoms with Gasteiger partial charge in [0.25, 0.3) is 0 Å². The predicted octanol–water partition coefficient (Wildman–Crippen LogP) is 1.56. The topological polar surface area (TPSA) is 66.8 Å². The molecule has 0 saturated carbocycles. The maximum absolute atomic E-state index is 11.2. The maximum Gasteiger partial charge on any atom is 0.305 e. The lowest BCUT2D eigenvalue weighted by Gasteiger charge is -2.08. The van der Waals surface area contributed by atoms with Gasteiger partial charge in [-0.15, -0.1) is 0 Å². The number of carbonyl (C=O) groups excluding carboxylic acids is 1. The van der Waals surface area contributed by atoms with Gasteiger partial charge in [0.05, 0.1) is 19.8 Å². The van der Waals surface area contributed by atoms with E-state index >= 15 is 0 Å². The largest absolute Gasteiger partial charge is 0.466 e. The molecule has 0 spiro atoms. The van der Waals surface area contributed by atoms with E-state index in [2.05, 4.69) is 0 Å². The van der Waals surface area contributed by atoms with Crippen LogP contribution in [0.3, 0.4) is 0 Å². The SMILES string of the molecule is CCOC(=O)CCCc1ccc(CO)c(CO)c1. The first-order valence-electron chi connectivity index (χ1n) is 6.19. The van der Waals surface area contributed by atoms with E-state index in [1.54, 1.807) is 6.92 Å². The van der Waals surface area contributed by atoms with Crippen LogP contribution in [0.1, 0.15) is 36.5 Å². The molecule has 4 nitrogen and oxygen atoms in total. The number of hydrogen-bond donors (Lipinski definition) is 2. The summed E-state index contributed by atoms with van der Waals surface area (Å²) in [5, 5.41) is 18.2. The molecule has 0 amide bonds. The molecule has 18 heavy (non-hydrogen) atoms. The molecule has 1 aromatic rings. The molecule has 0 bridgehead atoms. The molecule has 1 aromatic carbocycles. The summed E-state index contributed by atoms with van der Waals surface area (Å²) < 4.78 is 4.85. The van der Waals surface area contributed by atoms with E-state index in [4.69, 9.17) is 9.84 Å². The number of esters is 1. The van der Waals surface area contributed by atoms with E-state index in [0.717, 1.165) is 29.5 Å². The van der Waals surface area contributed by atoms with Gasteiger partial charge in [0.2, 0.25) is 0 Å². The second-order valence-corrected chi connectivity index (χ2v) is 4.08. The molecule has 0 fully saturated rings. The van der Waals surface area contributed by atoms with Gasteiger partial charge in [0, 0.05) is 6.42 Å². The number of carbonyl (C=O) groups is 1. The smallest absolute Gasteiger partial charge is 0.305 e. The van der Waals surface area contributed by atoms with Crippen molar-refractivity contribution >= 4 is 5.97 Å². The van der Waals surface area contributed by atoms with Gasteiger partial charge in [-0.3, -0.25) is 4.79 Å². The molecule has 0 radical (unpaired) electrons. The highest BCUT2D eigenvalue weighted by atomic mass is 16.5. The summed E-state index contributed by atoms with van der Waals surface area (Å²) in [6.45, 7) is 2.05. The van der Waals surface area contributed by atoms with Crippen LogP contribution in [0, 0.1) is 0 Å². The van der Waals surface area contributed by atoms with Gasteiger partial charge in [-0.2, -0.15) is 0 Å². The normalized spacial score (nSPS) is 10.4. The van der Waals surface area contributed by atoms with Crippen LogP contribution in [0.25, 0.3) is 0 Å². The third kappa shape index (κ3) is 4.47. The highest BCUT2D eigenvalue weighted by Gasteiger charge is 2.05. The fourth-order valence-corrected chi connectivity index (χ4v) is 1.81. The highest BCUT2D eigenvalue weighted by molar-refractivity contribution is 5.69. The van der Waals surface area contributed by atoms with Crippen molar-refractivity contribution in [3.8, 4) is 0 Å². The van der Waals surface area contributed by atoms with Gasteiger partial charge in [0.1, 0.15) is 0 Å². The van der Waals surface area contributed by atoms with Crippen molar-refractivity contribution in [3.63, 3.8) is 0 Å². The Labute approximate surface area is 107 Å². The number of rotatable bonds is 7. The van der Waals surface area contributed by atoms with Crippen LogP contribution in [0.15, 0.2) is 18.2 Å². The van der Waals surface area contributed by atoms with Crippen molar-refractivity contribution in [1.82, 2.24) is 0 Å². The van der Waals surface area contributed by atoms with Crippen molar-refractivity contribution in [2.75, 3.05) is 6.61 Å². The van der Waals surface area contributed by atoms with E-state index in [1.807, 2.05) is 18.2 Å². The van der Waals surface area contributed by atoms with Crippen LogP contribution in [0.2, 0.25) is 0 Å². The third-order valence-electron chi connectivity index (χ3n) is 2.76. The summed E-state index contributed by atoms with van der Waals surface area (Å²) in [6, 6.07) is 5.60. The lowest BCUT2D eigenvalue weighted by molar-refractivity contribution is -0.143. The van der Waals surface area contributed by atoms with Crippen LogP contribution in [0.4, 0.5) is 0 Å². The maximum atomic E-state index is 11.2. The Balaban J connectivity index is 2.50. The minimum absolute atomic E-state index is 0.0704. The number of aryl methyl sites for hydroxylation is 1. The van der Waals surface area contributed by atoms with Crippen molar-refractivity contribution < 1.29 is 19.7 Å². The summed E-state index contributed by atoms with van der Waals surface area (Å²) >= 11 is 0. The second-order valence-electron chi connectivity index (χ2n) is 4.08. The Kier molecular flexibility index (Phi) is 6.39. The fraction of sp³-hybridized carbons (Fsp3) is 0.500. The summed E-state index contributed by atoms with van der Waals surface area (Å²) in [6.07, 6.45) is 1.89. The molecular weight excluding hydrogens is 232 g/mol. The number of aliphatic hydroxyl groups is 2. The van der Waals surface area contributed by atoms with Gasteiger partial charge in [-0.1, -0.05) is 18.2 Å². The highest BCUT2D eigenvalue weighted by Crippen LogP contribution is 2.14. The van der Waals surface area contributed by atoms with Crippen LogP contribution >= 0.6 is 0 Å². The van der Waals surface area contributed by atoms with Gasteiger partial charge in [-0.25, -0.2) is 0 Å². The standard InChI is InChI=1S/C14H20O4/c1-2-18-14(17)5-3-4-11-6-7-12(9-15)13(8-11)10-16/h6-8,15-16H,2-5,9-10H2,1H3. The third-order valence-corrected chi connectivity index (χ3v) is 2.76. The van der Waals surface area contributed by atoms with E-state index in [-0.39, 0.29) is 19.2 Å². The zero-order chi connectivity index (χ0) is 13.4. The molecule has 0 atom stereocenters. The molecule has 0 aliphatic rings. The molecule has 0 aromatic heterocycles. The van der Waals surface area contributed by atoms with Crippen molar-refractivity contribution in [3.05, 3.63) is 34.9 Å². The Morgan fingerprint density at radius 1 is 1.22 bits per heavy atom. The Hall–Kier alpha value is -1.39. The predicted molar refractivity (Wildman–Crippen MR) is 67.9 cm³/mol. The summed E-state index contributed by atoms with van der Waals surface area (Å²) in [7, 11) is 0. The first kappa shape index (κ1) is 14.7. The van der Waals surface area contributed by atoms with Crippen molar-refractivity contribution in [1.29, 1.82) is 0 Å². The fourth-order valence-electron chi connectivity index (χ4n) is 1.81. The summed E-state index contributed by atoms with van der Waals surface area (Å²) in [5.74, 6) is -0.174. The Morgan fingerprint density at radius 3 is 2.56 bits per heavy atom. The Morgan fingerprint density at radius 2 is 1.94 bits per heavy atom. The number of benzene rings is 1. The van der Waals surface area contributed by atoms with E-state index in [0.29, 0.717) is 13.0 Å². The second kappa shape index (κ2) is 7.84. The molecule has 1 rings (SSSR count). The average molecular weight is 252 g/mol. The van der Waals surface area contributed by atoms with Crippen molar-refractivity contribution in [2.45, 2.75) is 39.4 Å². The van der Waals surface area contributed by atoms with E-state index in [9.17, 15) is 9.90 Å². The van der Waals surface area contributed by atoms with Gasteiger partial charge < -0.3 is 14.9 Å². The van der Waals surface area contributed by atoms with Crippen LogP contribution in [-0.2, 0) is 29.2 Å². The molecule has 4 heteroatoms. The molecule has 0 unspecified atom stereocenters. The van der Waals surface area contributed by atoms with Crippen LogP contribution in [0.5, 0.6) is 0 Å². The minimum Gasteiger partial charge on any atom is -0.466 e. The van der Waals surface area contributed by atoms with E-state index < -0.39 is 0 Å². The quantitative estimate of drug-likeness (QED) is 0.723. The summed E-state index contributed by atoms with van der Waals surface area (Å²) in [5.41, 5.74) is 2.54. The van der Waals surface area contributed by atoms with Crippen molar-refractivity contribution in [2.24, 2.45) is 0 Å². The lowest BCUT2D eigenvalue weighted by Crippen LogP contribution is -2.04. The lowest BCUT2D eigenvalue weighted by atomic mass is 10.0. The molecular formula is C14H20O4. The Bertz CT molecular complexity index is 387. The monoisotopic (exact) mass is 252 g/mol. The first-order valence-corrected chi connectivity index (χ1v) is 6.19. The molecule has 0 heterocycles. The van der Waals surface area contributed by atoms with Gasteiger partial charge in [-0.05, 0) is 36.5 Å².